The molecule has 0 unspecified atom stereocenters. The molecule has 2 nitrogen and oxygen atoms in total. The first-order chi connectivity index (χ1) is 6.79. The second-order valence-corrected chi connectivity index (χ2v) is 3.31. The maximum atomic E-state index is 9.73. The summed E-state index contributed by atoms with van der Waals surface area (Å²) in [6.07, 6.45) is 1.28. The van der Waals surface area contributed by atoms with Crippen molar-refractivity contribution in [1.82, 2.24) is 0 Å². The van der Waals surface area contributed by atoms with E-state index in [2.05, 4.69) is 6.92 Å². The predicted octanol–water partition coefficient (Wildman–Crippen LogP) is 2.92. The molecule has 0 aromatic heterocycles. The molecule has 0 amide bonds. The first-order valence-corrected chi connectivity index (χ1v) is 5.19. The minimum Gasteiger partial charge on any atom is -0.493 e. The summed E-state index contributed by atoms with van der Waals surface area (Å²) in [7, 11) is 0. The van der Waals surface area contributed by atoms with Crippen LogP contribution < -0.4 is 4.74 Å². The van der Waals surface area contributed by atoms with Gasteiger partial charge in [0.05, 0.1) is 12.7 Å². The Kier molecular flexibility index (Phi) is 4.47. The van der Waals surface area contributed by atoms with Gasteiger partial charge in [-0.2, -0.15) is 0 Å². The van der Waals surface area contributed by atoms with E-state index in [1.807, 2.05) is 31.2 Å². The summed E-state index contributed by atoms with van der Waals surface area (Å²) in [5.74, 6) is 0.809. The van der Waals surface area contributed by atoms with Crippen LogP contribution in [0.15, 0.2) is 24.3 Å². The molecule has 0 bridgehead atoms. The zero-order chi connectivity index (χ0) is 10.4. The number of aliphatic hydroxyl groups is 1. The number of hydrogen-bond donors (Lipinski definition) is 1. The van der Waals surface area contributed by atoms with Gasteiger partial charge in [0.15, 0.2) is 0 Å². The molecule has 0 aliphatic heterocycles. The average molecular weight is 194 g/mol. The topological polar surface area (TPSA) is 29.5 Å². The molecular weight excluding hydrogens is 176 g/mol. The molecule has 1 aromatic carbocycles. The van der Waals surface area contributed by atoms with Crippen molar-refractivity contribution >= 4 is 0 Å². The summed E-state index contributed by atoms with van der Waals surface area (Å²) < 4.78 is 5.55. The molecule has 78 valence electrons. The number of ether oxygens (including phenoxy) is 1. The Labute approximate surface area is 85.5 Å². The van der Waals surface area contributed by atoms with Crippen molar-refractivity contribution in [1.29, 1.82) is 0 Å². The second-order valence-electron chi connectivity index (χ2n) is 3.31. The number of aliphatic hydroxyl groups excluding tert-OH is 1. The van der Waals surface area contributed by atoms with Crippen LogP contribution in [0.25, 0.3) is 0 Å². The van der Waals surface area contributed by atoms with E-state index in [1.54, 1.807) is 0 Å². The SMILES string of the molecule is CCCOc1ccccc1[C@@H](O)CC. The first-order valence-electron chi connectivity index (χ1n) is 5.19. The van der Waals surface area contributed by atoms with Gasteiger partial charge in [-0.3, -0.25) is 0 Å². The molecule has 0 saturated carbocycles. The quantitative estimate of drug-likeness (QED) is 0.781. The van der Waals surface area contributed by atoms with E-state index in [4.69, 9.17) is 4.74 Å². The Morgan fingerprint density at radius 2 is 2.00 bits per heavy atom. The van der Waals surface area contributed by atoms with Gasteiger partial charge in [-0.05, 0) is 18.9 Å². The van der Waals surface area contributed by atoms with E-state index < -0.39 is 6.10 Å². The summed E-state index contributed by atoms with van der Waals surface area (Å²) in [5.41, 5.74) is 0.892. The lowest BCUT2D eigenvalue weighted by atomic mass is 10.1. The Morgan fingerprint density at radius 1 is 1.29 bits per heavy atom. The monoisotopic (exact) mass is 194 g/mol. The number of rotatable bonds is 5. The molecule has 0 heterocycles. The smallest absolute Gasteiger partial charge is 0.125 e. The predicted molar refractivity (Wildman–Crippen MR) is 57.5 cm³/mol. The molecule has 0 spiro atoms. The summed E-state index contributed by atoms with van der Waals surface area (Å²) in [4.78, 5) is 0. The summed E-state index contributed by atoms with van der Waals surface area (Å²) in [6, 6.07) is 7.67. The van der Waals surface area contributed by atoms with Gasteiger partial charge < -0.3 is 9.84 Å². The van der Waals surface area contributed by atoms with Gasteiger partial charge in [-0.25, -0.2) is 0 Å². The van der Waals surface area contributed by atoms with Crippen molar-refractivity contribution in [2.24, 2.45) is 0 Å². The van der Waals surface area contributed by atoms with E-state index in [9.17, 15) is 5.11 Å². The van der Waals surface area contributed by atoms with Crippen LogP contribution in [-0.2, 0) is 0 Å². The normalized spacial score (nSPS) is 12.5. The highest BCUT2D eigenvalue weighted by Crippen LogP contribution is 2.26. The number of para-hydroxylation sites is 1. The molecular formula is C12H18O2. The van der Waals surface area contributed by atoms with Crippen LogP contribution in [0.1, 0.15) is 38.4 Å². The van der Waals surface area contributed by atoms with Crippen molar-refractivity contribution in [2.75, 3.05) is 6.61 Å². The van der Waals surface area contributed by atoms with E-state index in [0.717, 1.165) is 17.7 Å². The standard InChI is InChI=1S/C12H18O2/c1-3-9-14-12-8-6-5-7-10(12)11(13)4-2/h5-8,11,13H,3-4,9H2,1-2H3/t11-/m0/s1. The third-order valence-electron chi connectivity index (χ3n) is 2.13. The van der Waals surface area contributed by atoms with Crippen LogP contribution in [0.3, 0.4) is 0 Å². The van der Waals surface area contributed by atoms with Crippen LogP contribution >= 0.6 is 0 Å². The molecule has 1 rings (SSSR count). The molecule has 1 atom stereocenters. The van der Waals surface area contributed by atoms with Gasteiger partial charge in [0.1, 0.15) is 5.75 Å². The highest BCUT2D eigenvalue weighted by atomic mass is 16.5. The molecule has 0 aliphatic carbocycles. The van der Waals surface area contributed by atoms with E-state index in [0.29, 0.717) is 13.0 Å². The third-order valence-corrected chi connectivity index (χ3v) is 2.13. The maximum absolute atomic E-state index is 9.73. The fraction of sp³-hybridized carbons (Fsp3) is 0.500. The highest BCUT2D eigenvalue weighted by molar-refractivity contribution is 5.34. The molecule has 0 saturated heterocycles. The summed E-state index contributed by atoms with van der Waals surface area (Å²) >= 11 is 0. The zero-order valence-corrected chi connectivity index (χ0v) is 8.86. The third kappa shape index (κ3) is 2.74. The molecule has 1 N–H and O–H groups in total. The first kappa shape index (κ1) is 11.1. The van der Waals surface area contributed by atoms with Gasteiger partial charge in [-0.15, -0.1) is 0 Å². The largest absolute Gasteiger partial charge is 0.493 e. The Hall–Kier alpha value is -1.02. The van der Waals surface area contributed by atoms with E-state index in [-0.39, 0.29) is 0 Å². The molecule has 2 heteroatoms. The van der Waals surface area contributed by atoms with Gasteiger partial charge in [-0.1, -0.05) is 32.0 Å². The van der Waals surface area contributed by atoms with Crippen LogP contribution in [0.2, 0.25) is 0 Å². The van der Waals surface area contributed by atoms with Crippen molar-refractivity contribution in [2.45, 2.75) is 32.8 Å². The maximum Gasteiger partial charge on any atom is 0.125 e. The van der Waals surface area contributed by atoms with E-state index in [1.165, 1.54) is 0 Å². The molecule has 0 aliphatic rings. The minimum absolute atomic E-state index is 0.414. The minimum atomic E-state index is -0.414. The Bertz CT molecular complexity index is 271. The van der Waals surface area contributed by atoms with Crippen molar-refractivity contribution in [3.63, 3.8) is 0 Å². The van der Waals surface area contributed by atoms with Crippen molar-refractivity contribution < 1.29 is 9.84 Å². The summed E-state index contributed by atoms with van der Waals surface area (Å²) in [6.45, 7) is 4.73. The van der Waals surface area contributed by atoms with E-state index >= 15 is 0 Å². The van der Waals surface area contributed by atoms with Crippen molar-refractivity contribution in [3.8, 4) is 5.75 Å². The zero-order valence-electron chi connectivity index (χ0n) is 8.86. The van der Waals surface area contributed by atoms with Gasteiger partial charge >= 0.3 is 0 Å². The van der Waals surface area contributed by atoms with Crippen LogP contribution in [0, 0.1) is 0 Å². The van der Waals surface area contributed by atoms with Crippen LogP contribution in [0.5, 0.6) is 5.75 Å². The molecule has 1 aromatic rings. The Morgan fingerprint density at radius 3 is 2.64 bits per heavy atom. The number of benzene rings is 1. The van der Waals surface area contributed by atoms with Crippen LogP contribution in [0.4, 0.5) is 0 Å². The molecule has 14 heavy (non-hydrogen) atoms. The van der Waals surface area contributed by atoms with Gasteiger partial charge in [0.25, 0.3) is 0 Å². The average Bonchev–Trinajstić information content (AvgIpc) is 2.25. The lowest BCUT2D eigenvalue weighted by molar-refractivity contribution is 0.167. The fourth-order valence-corrected chi connectivity index (χ4v) is 1.32. The molecule has 0 fully saturated rings. The molecule has 0 radical (unpaired) electrons. The Balaban J connectivity index is 2.79. The second kappa shape index (κ2) is 5.66. The summed E-state index contributed by atoms with van der Waals surface area (Å²) in [5, 5.41) is 9.73. The van der Waals surface area contributed by atoms with Crippen LogP contribution in [-0.4, -0.2) is 11.7 Å². The van der Waals surface area contributed by atoms with Gasteiger partial charge in [0.2, 0.25) is 0 Å². The lowest BCUT2D eigenvalue weighted by Crippen LogP contribution is -2.02. The highest BCUT2D eigenvalue weighted by Gasteiger charge is 2.10. The van der Waals surface area contributed by atoms with Gasteiger partial charge in [0, 0.05) is 5.56 Å². The fourth-order valence-electron chi connectivity index (χ4n) is 1.32. The number of hydrogen-bond acceptors (Lipinski definition) is 2. The lowest BCUT2D eigenvalue weighted by Gasteiger charge is -2.14. The van der Waals surface area contributed by atoms with Crippen molar-refractivity contribution in [3.05, 3.63) is 29.8 Å².